The average Bonchev–Trinajstić information content (AvgIpc) is 3.03. The second-order valence-corrected chi connectivity index (χ2v) is 6.69. The maximum absolute atomic E-state index is 12.3. The highest BCUT2D eigenvalue weighted by atomic mass is 16.5. The minimum Gasteiger partial charge on any atom is -0.496 e. The number of hydrogen-bond donors (Lipinski definition) is 2. The summed E-state index contributed by atoms with van der Waals surface area (Å²) in [5, 5.41) is 10.4. The van der Waals surface area contributed by atoms with Gasteiger partial charge in [0.2, 0.25) is 0 Å². The number of aromatic nitrogens is 1. The highest BCUT2D eigenvalue weighted by Gasteiger charge is 2.28. The minimum atomic E-state index is -0.162. The van der Waals surface area contributed by atoms with E-state index in [2.05, 4.69) is 21.9 Å². The van der Waals surface area contributed by atoms with Crippen molar-refractivity contribution >= 4 is 5.91 Å². The zero-order chi connectivity index (χ0) is 17.8. The van der Waals surface area contributed by atoms with E-state index in [4.69, 9.17) is 9.26 Å². The lowest BCUT2D eigenvalue weighted by Gasteiger charge is -2.23. The Labute approximate surface area is 147 Å². The van der Waals surface area contributed by atoms with Crippen LogP contribution in [0.4, 0.5) is 0 Å². The first-order chi connectivity index (χ1) is 12.1. The number of para-hydroxylation sites is 1. The van der Waals surface area contributed by atoms with Crippen molar-refractivity contribution in [3.05, 3.63) is 46.8 Å². The molecule has 0 fully saturated rings. The van der Waals surface area contributed by atoms with E-state index in [-0.39, 0.29) is 18.0 Å². The molecule has 6 heteroatoms. The Morgan fingerprint density at radius 3 is 2.96 bits per heavy atom. The fourth-order valence-corrected chi connectivity index (χ4v) is 3.19. The summed E-state index contributed by atoms with van der Waals surface area (Å²) in [4.78, 5) is 12.3. The Balaban J connectivity index is 1.66. The largest absolute Gasteiger partial charge is 0.496 e. The average molecular weight is 343 g/mol. The van der Waals surface area contributed by atoms with E-state index < -0.39 is 0 Å². The van der Waals surface area contributed by atoms with Gasteiger partial charge in [-0.05, 0) is 32.8 Å². The van der Waals surface area contributed by atoms with Crippen molar-refractivity contribution in [2.45, 2.75) is 51.7 Å². The molecule has 1 aliphatic rings. The molecule has 0 saturated heterocycles. The molecule has 1 aliphatic carbocycles. The van der Waals surface area contributed by atoms with Crippen LogP contribution in [-0.2, 0) is 19.4 Å². The normalized spacial score (nSPS) is 16.6. The molecule has 1 aromatic heterocycles. The molecule has 0 bridgehead atoms. The number of aryl methyl sites for hydroxylation is 1. The van der Waals surface area contributed by atoms with E-state index >= 15 is 0 Å². The van der Waals surface area contributed by atoms with E-state index in [1.54, 1.807) is 7.11 Å². The Kier molecular flexibility index (Phi) is 5.38. The smallest absolute Gasteiger partial charge is 0.273 e. The van der Waals surface area contributed by atoms with Crippen LogP contribution in [0.2, 0.25) is 0 Å². The van der Waals surface area contributed by atoms with E-state index in [0.717, 1.165) is 48.4 Å². The molecule has 1 heterocycles. The second kappa shape index (κ2) is 7.70. The SMILES string of the molecule is COc1ccccc1CNC1CCc2onc(C(=O)NC(C)C)c2C1. The molecule has 25 heavy (non-hydrogen) atoms. The molecule has 134 valence electrons. The molecule has 0 spiro atoms. The Bertz CT molecular complexity index is 739. The molecule has 0 saturated carbocycles. The van der Waals surface area contributed by atoms with Crippen molar-refractivity contribution in [3.8, 4) is 5.75 Å². The summed E-state index contributed by atoms with van der Waals surface area (Å²) in [6.45, 7) is 4.59. The van der Waals surface area contributed by atoms with Crippen LogP contribution < -0.4 is 15.4 Å². The van der Waals surface area contributed by atoms with Gasteiger partial charge in [0.05, 0.1) is 7.11 Å². The summed E-state index contributed by atoms with van der Waals surface area (Å²) < 4.78 is 10.8. The van der Waals surface area contributed by atoms with Gasteiger partial charge < -0.3 is 19.9 Å². The van der Waals surface area contributed by atoms with Crippen LogP contribution >= 0.6 is 0 Å². The third-order valence-corrected chi connectivity index (χ3v) is 4.45. The van der Waals surface area contributed by atoms with Gasteiger partial charge >= 0.3 is 0 Å². The van der Waals surface area contributed by atoms with Gasteiger partial charge in [0.1, 0.15) is 11.5 Å². The number of ether oxygens (including phenoxy) is 1. The van der Waals surface area contributed by atoms with Gasteiger partial charge in [0, 0.05) is 36.2 Å². The third-order valence-electron chi connectivity index (χ3n) is 4.45. The first kappa shape index (κ1) is 17.5. The van der Waals surface area contributed by atoms with Gasteiger partial charge in [-0.15, -0.1) is 0 Å². The van der Waals surface area contributed by atoms with Gasteiger partial charge in [-0.25, -0.2) is 0 Å². The molecule has 6 nitrogen and oxygen atoms in total. The number of carbonyl (C=O) groups excluding carboxylic acids is 1. The summed E-state index contributed by atoms with van der Waals surface area (Å²) in [5.41, 5.74) is 2.48. The van der Waals surface area contributed by atoms with Crippen LogP contribution in [0.15, 0.2) is 28.8 Å². The molecule has 3 rings (SSSR count). The molecule has 2 N–H and O–H groups in total. The van der Waals surface area contributed by atoms with E-state index in [9.17, 15) is 4.79 Å². The van der Waals surface area contributed by atoms with Crippen molar-refractivity contribution in [2.24, 2.45) is 0 Å². The molecule has 1 atom stereocenters. The van der Waals surface area contributed by atoms with Crippen molar-refractivity contribution in [1.29, 1.82) is 0 Å². The molecule has 0 aliphatic heterocycles. The van der Waals surface area contributed by atoms with Gasteiger partial charge in [0.25, 0.3) is 5.91 Å². The quantitative estimate of drug-likeness (QED) is 0.843. The maximum atomic E-state index is 12.3. The van der Waals surface area contributed by atoms with Gasteiger partial charge in [-0.2, -0.15) is 0 Å². The number of amides is 1. The number of rotatable bonds is 6. The summed E-state index contributed by atoms with van der Waals surface area (Å²) in [5.74, 6) is 1.56. The lowest BCUT2D eigenvalue weighted by atomic mass is 9.91. The molecule has 1 aromatic carbocycles. The fraction of sp³-hybridized carbons (Fsp3) is 0.474. The zero-order valence-electron chi connectivity index (χ0n) is 15.0. The second-order valence-electron chi connectivity index (χ2n) is 6.69. The first-order valence-corrected chi connectivity index (χ1v) is 8.72. The Hall–Kier alpha value is -2.34. The lowest BCUT2D eigenvalue weighted by Crippen LogP contribution is -2.36. The van der Waals surface area contributed by atoms with Crippen molar-refractivity contribution in [3.63, 3.8) is 0 Å². The van der Waals surface area contributed by atoms with Crippen LogP contribution in [0.1, 0.15) is 47.6 Å². The Morgan fingerprint density at radius 1 is 1.40 bits per heavy atom. The Morgan fingerprint density at radius 2 is 2.20 bits per heavy atom. The zero-order valence-corrected chi connectivity index (χ0v) is 15.0. The molecule has 0 radical (unpaired) electrons. The summed E-state index contributed by atoms with van der Waals surface area (Å²) >= 11 is 0. The number of hydrogen-bond acceptors (Lipinski definition) is 5. The number of fused-ring (bicyclic) bond motifs is 1. The molecular weight excluding hydrogens is 318 g/mol. The van der Waals surface area contributed by atoms with Crippen LogP contribution in [0.25, 0.3) is 0 Å². The van der Waals surface area contributed by atoms with Gasteiger partial charge in [-0.1, -0.05) is 23.4 Å². The number of nitrogens with zero attached hydrogens (tertiary/aromatic N) is 1. The molecule has 2 aromatic rings. The fourth-order valence-electron chi connectivity index (χ4n) is 3.19. The van der Waals surface area contributed by atoms with Crippen LogP contribution in [-0.4, -0.2) is 30.3 Å². The molecule has 1 unspecified atom stereocenters. The number of methoxy groups -OCH3 is 1. The third kappa shape index (κ3) is 4.02. The number of nitrogens with one attached hydrogen (secondary N) is 2. The standard InChI is InChI=1S/C19H25N3O3/c1-12(2)21-19(23)18-15-10-14(8-9-17(15)25-22-18)20-11-13-6-4-5-7-16(13)24-3/h4-7,12,14,20H,8-11H2,1-3H3,(H,21,23). The number of benzene rings is 1. The van der Waals surface area contributed by atoms with E-state index in [0.29, 0.717) is 5.69 Å². The summed E-state index contributed by atoms with van der Waals surface area (Å²) in [6, 6.07) is 8.34. The first-order valence-electron chi connectivity index (χ1n) is 8.72. The van der Waals surface area contributed by atoms with E-state index in [1.807, 2.05) is 32.0 Å². The van der Waals surface area contributed by atoms with Crippen LogP contribution in [0.5, 0.6) is 5.75 Å². The molecule has 1 amide bonds. The van der Waals surface area contributed by atoms with Crippen molar-refractivity contribution < 1.29 is 14.1 Å². The van der Waals surface area contributed by atoms with Crippen LogP contribution in [0, 0.1) is 0 Å². The summed E-state index contributed by atoms with van der Waals surface area (Å²) in [7, 11) is 1.68. The summed E-state index contributed by atoms with van der Waals surface area (Å²) in [6.07, 6.45) is 2.50. The predicted molar refractivity (Wildman–Crippen MR) is 94.8 cm³/mol. The van der Waals surface area contributed by atoms with Gasteiger partial charge in [-0.3, -0.25) is 4.79 Å². The van der Waals surface area contributed by atoms with E-state index in [1.165, 1.54) is 0 Å². The molecular formula is C19H25N3O3. The highest BCUT2D eigenvalue weighted by molar-refractivity contribution is 5.94. The predicted octanol–water partition coefficient (Wildman–Crippen LogP) is 2.47. The number of carbonyl (C=O) groups is 1. The highest BCUT2D eigenvalue weighted by Crippen LogP contribution is 2.25. The van der Waals surface area contributed by atoms with Crippen molar-refractivity contribution in [2.75, 3.05) is 7.11 Å². The lowest BCUT2D eigenvalue weighted by molar-refractivity contribution is 0.0933. The monoisotopic (exact) mass is 343 g/mol. The van der Waals surface area contributed by atoms with Gasteiger partial charge in [0.15, 0.2) is 5.69 Å². The maximum Gasteiger partial charge on any atom is 0.273 e. The minimum absolute atomic E-state index is 0.0721. The van der Waals surface area contributed by atoms with Crippen molar-refractivity contribution in [1.82, 2.24) is 15.8 Å². The topological polar surface area (TPSA) is 76.4 Å². The van der Waals surface area contributed by atoms with Crippen LogP contribution in [0.3, 0.4) is 0 Å².